The smallest absolute Gasteiger partial charge is 0.136 e. The van der Waals surface area contributed by atoms with Crippen LogP contribution in [0.25, 0.3) is 60.2 Å². The molecule has 0 aliphatic rings. The maximum absolute atomic E-state index is 6.29. The van der Waals surface area contributed by atoms with Crippen LogP contribution in [0.5, 0.6) is 0 Å². The van der Waals surface area contributed by atoms with Crippen molar-refractivity contribution in [2.75, 3.05) is 9.80 Å². The normalized spacial score (nSPS) is 11.6. The Kier molecular flexibility index (Phi) is 7.46. The zero-order valence-electron chi connectivity index (χ0n) is 30.5. The van der Waals surface area contributed by atoms with Gasteiger partial charge in [-0.3, -0.25) is 0 Å². The van der Waals surface area contributed by atoms with E-state index in [9.17, 15) is 0 Å². The highest BCUT2D eigenvalue weighted by Gasteiger charge is 2.20. The van der Waals surface area contributed by atoms with E-state index in [0.717, 1.165) is 78.0 Å². The number of fused-ring (bicyclic) bond motifs is 7. The Labute approximate surface area is 324 Å². The van der Waals surface area contributed by atoms with E-state index >= 15 is 0 Å². The molecule has 0 spiro atoms. The molecular formula is C52H35N3O. The molecule has 0 saturated carbocycles. The Balaban J connectivity index is 1.07. The van der Waals surface area contributed by atoms with Gasteiger partial charge in [-0.25, -0.2) is 0 Å². The fourth-order valence-electron chi connectivity index (χ4n) is 8.41. The van der Waals surface area contributed by atoms with Gasteiger partial charge in [-0.05, 0) is 109 Å². The van der Waals surface area contributed by atoms with E-state index in [1.807, 2.05) is 12.1 Å². The van der Waals surface area contributed by atoms with Crippen molar-refractivity contribution in [3.63, 3.8) is 0 Å². The number of hydrogen-bond donors (Lipinski definition) is 0. The number of benzene rings is 9. The van der Waals surface area contributed by atoms with Crippen LogP contribution in [0.15, 0.2) is 217 Å². The Bertz CT molecular complexity index is 3180. The van der Waals surface area contributed by atoms with E-state index in [4.69, 9.17) is 4.42 Å². The topological polar surface area (TPSA) is 24.6 Å². The van der Waals surface area contributed by atoms with Crippen molar-refractivity contribution >= 4 is 88.6 Å². The van der Waals surface area contributed by atoms with Crippen LogP contribution in [-0.4, -0.2) is 4.57 Å². The van der Waals surface area contributed by atoms with Gasteiger partial charge in [0.05, 0.1) is 16.7 Å². The number of nitrogens with zero attached hydrogens (tertiary/aromatic N) is 3. The number of hydrogen-bond acceptors (Lipinski definition) is 3. The molecule has 0 aliphatic carbocycles. The second-order valence-corrected chi connectivity index (χ2v) is 14.2. The molecule has 0 radical (unpaired) electrons. The number of furan rings is 1. The van der Waals surface area contributed by atoms with E-state index in [1.54, 1.807) is 0 Å². The average Bonchev–Trinajstić information content (AvgIpc) is 3.79. The Morgan fingerprint density at radius 1 is 0.321 bits per heavy atom. The van der Waals surface area contributed by atoms with Crippen molar-refractivity contribution in [2.45, 2.75) is 0 Å². The average molecular weight is 718 g/mol. The Morgan fingerprint density at radius 2 is 0.893 bits per heavy atom. The SMILES string of the molecule is c1ccc(N(c2ccc(N(c3ccccc3)c3cccc4cc5oc6ccccc6c5cc34)cc2)c2ccc3c4ccccc4n(-c4ccccc4)c3c2)cc1. The molecule has 4 heteroatoms. The highest BCUT2D eigenvalue weighted by Crippen LogP contribution is 2.44. The van der Waals surface area contributed by atoms with Gasteiger partial charge in [0.25, 0.3) is 0 Å². The van der Waals surface area contributed by atoms with E-state index in [-0.39, 0.29) is 0 Å². The largest absolute Gasteiger partial charge is 0.456 e. The van der Waals surface area contributed by atoms with Crippen molar-refractivity contribution in [1.29, 1.82) is 0 Å². The van der Waals surface area contributed by atoms with Crippen LogP contribution in [0.4, 0.5) is 34.1 Å². The quantitative estimate of drug-likeness (QED) is 0.164. The summed E-state index contributed by atoms with van der Waals surface area (Å²) < 4.78 is 8.66. The molecular weight excluding hydrogens is 683 g/mol. The van der Waals surface area contributed by atoms with Crippen LogP contribution >= 0.6 is 0 Å². The van der Waals surface area contributed by atoms with Gasteiger partial charge in [0.2, 0.25) is 0 Å². The number of aromatic nitrogens is 1. The van der Waals surface area contributed by atoms with Crippen LogP contribution in [0.1, 0.15) is 0 Å². The first-order valence-electron chi connectivity index (χ1n) is 19.0. The summed E-state index contributed by atoms with van der Waals surface area (Å²) in [6, 6.07) is 75.7. The molecule has 0 atom stereocenters. The van der Waals surface area contributed by atoms with Crippen LogP contribution in [0.2, 0.25) is 0 Å². The van der Waals surface area contributed by atoms with Crippen LogP contribution in [-0.2, 0) is 0 Å². The summed E-state index contributed by atoms with van der Waals surface area (Å²) in [5.41, 5.74) is 11.8. The number of para-hydroxylation sites is 5. The van der Waals surface area contributed by atoms with Crippen molar-refractivity contribution < 1.29 is 4.42 Å². The Morgan fingerprint density at radius 3 is 1.64 bits per heavy atom. The molecule has 11 aromatic rings. The summed E-state index contributed by atoms with van der Waals surface area (Å²) in [6.07, 6.45) is 0. The molecule has 4 nitrogen and oxygen atoms in total. The number of anilines is 6. The summed E-state index contributed by atoms with van der Waals surface area (Å²) in [6.45, 7) is 0. The predicted molar refractivity (Wildman–Crippen MR) is 235 cm³/mol. The molecule has 0 aliphatic heterocycles. The summed E-state index contributed by atoms with van der Waals surface area (Å²) in [5, 5.41) is 7.00. The monoisotopic (exact) mass is 717 g/mol. The minimum atomic E-state index is 0.898. The Hall–Kier alpha value is -7.56. The molecule has 0 amide bonds. The summed E-state index contributed by atoms with van der Waals surface area (Å²) in [4.78, 5) is 4.71. The van der Waals surface area contributed by atoms with Crippen molar-refractivity contribution in [2.24, 2.45) is 0 Å². The molecule has 0 saturated heterocycles. The van der Waals surface area contributed by atoms with Gasteiger partial charge in [-0.15, -0.1) is 0 Å². The van der Waals surface area contributed by atoms with Gasteiger partial charge >= 0.3 is 0 Å². The second kappa shape index (κ2) is 13.1. The van der Waals surface area contributed by atoms with E-state index < -0.39 is 0 Å². The van der Waals surface area contributed by atoms with E-state index in [2.05, 4.69) is 215 Å². The first-order chi connectivity index (χ1) is 27.8. The molecule has 0 N–H and O–H groups in total. The first-order valence-corrected chi connectivity index (χ1v) is 19.0. The molecule has 9 aromatic carbocycles. The maximum Gasteiger partial charge on any atom is 0.136 e. The lowest BCUT2D eigenvalue weighted by molar-refractivity contribution is 0.669. The summed E-state index contributed by atoms with van der Waals surface area (Å²) in [7, 11) is 0. The standard InChI is InChI=1S/C52H35N3O/c1-4-16-37(17-5-1)53(42-31-32-44-43-22-10-12-24-48(43)55(50(44)34-42)39-20-8-3-9-21-39)40-27-29-41(30-28-40)54(38-18-6-2-7-19-38)49-25-14-15-36-33-52-47(35-46(36)49)45-23-11-13-26-51(45)56-52/h1-35H. The summed E-state index contributed by atoms with van der Waals surface area (Å²) >= 11 is 0. The lowest BCUT2D eigenvalue weighted by atomic mass is 10.0. The second-order valence-electron chi connectivity index (χ2n) is 14.2. The van der Waals surface area contributed by atoms with Crippen LogP contribution in [0, 0.1) is 0 Å². The van der Waals surface area contributed by atoms with Gasteiger partial charge in [0.15, 0.2) is 0 Å². The maximum atomic E-state index is 6.29. The molecule has 0 unspecified atom stereocenters. The van der Waals surface area contributed by atoms with Gasteiger partial charge in [0.1, 0.15) is 11.2 Å². The van der Waals surface area contributed by atoms with Crippen molar-refractivity contribution in [1.82, 2.24) is 4.57 Å². The third-order valence-electron chi connectivity index (χ3n) is 10.9. The van der Waals surface area contributed by atoms with Crippen LogP contribution in [0.3, 0.4) is 0 Å². The molecule has 2 aromatic heterocycles. The molecule has 11 rings (SSSR count). The predicted octanol–water partition coefficient (Wildman–Crippen LogP) is 14.8. The zero-order valence-corrected chi connectivity index (χ0v) is 30.5. The van der Waals surface area contributed by atoms with Gasteiger partial charge < -0.3 is 18.8 Å². The highest BCUT2D eigenvalue weighted by atomic mass is 16.3. The first kappa shape index (κ1) is 31.9. The fraction of sp³-hybridized carbons (Fsp3) is 0. The zero-order chi connectivity index (χ0) is 37.0. The molecule has 0 bridgehead atoms. The van der Waals surface area contributed by atoms with Crippen molar-refractivity contribution in [3.8, 4) is 5.69 Å². The molecule has 56 heavy (non-hydrogen) atoms. The highest BCUT2D eigenvalue weighted by molar-refractivity contribution is 6.13. The lowest BCUT2D eigenvalue weighted by Crippen LogP contribution is -2.12. The minimum absolute atomic E-state index is 0.898. The fourth-order valence-corrected chi connectivity index (χ4v) is 8.41. The number of rotatable bonds is 7. The molecule has 0 fully saturated rings. The van der Waals surface area contributed by atoms with Gasteiger partial charge in [0, 0.05) is 61.1 Å². The lowest BCUT2D eigenvalue weighted by Gasteiger charge is -2.29. The molecule has 2 heterocycles. The summed E-state index contributed by atoms with van der Waals surface area (Å²) in [5.74, 6) is 0. The minimum Gasteiger partial charge on any atom is -0.456 e. The third-order valence-corrected chi connectivity index (χ3v) is 10.9. The van der Waals surface area contributed by atoms with Crippen LogP contribution < -0.4 is 9.80 Å². The third kappa shape index (κ3) is 5.23. The molecule has 264 valence electrons. The van der Waals surface area contributed by atoms with Gasteiger partial charge in [-0.2, -0.15) is 0 Å². The van der Waals surface area contributed by atoms with Crippen molar-refractivity contribution in [3.05, 3.63) is 212 Å². The van der Waals surface area contributed by atoms with E-state index in [0.29, 0.717) is 0 Å². The van der Waals surface area contributed by atoms with Gasteiger partial charge in [-0.1, -0.05) is 109 Å². The van der Waals surface area contributed by atoms with E-state index in [1.165, 1.54) is 16.3 Å².